The second kappa shape index (κ2) is 12.1. The first-order chi connectivity index (χ1) is 16.7. The van der Waals surface area contributed by atoms with Crippen molar-refractivity contribution in [1.29, 1.82) is 0 Å². The van der Waals surface area contributed by atoms with Gasteiger partial charge in [0, 0.05) is 18.8 Å². The molecule has 3 N–H and O–H groups in total. The Kier molecular flexibility index (Phi) is 9.13. The first kappa shape index (κ1) is 26.5. The summed E-state index contributed by atoms with van der Waals surface area (Å²) in [5.74, 6) is -2.52. The lowest BCUT2D eigenvalue weighted by atomic mass is 9.87. The number of hydrogen-bond donors (Lipinski definition) is 3. The third-order valence-electron chi connectivity index (χ3n) is 6.00. The van der Waals surface area contributed by atoms with Crippen molar-refractivity contribution in [2.45, 2.75) is 63.8 Å². The van der Waals surface area contributed by atoms with Crippen LogP contribution >= 0.6 is 0 Å². The second-order valence-corrected chi connectivity index (χ2v) is 8.52. The minimum Gasteiger partial charge on any atom is -0.504 e. The van der Waals surface area contributed by atoms with Crippen molar-refractivity contribution in [1.82, 2.24) is 0 Å². The van der Waals surface area contributed by atoms with Gasteiger partial charge in [0.05, 0.1) is 44.2 Å². The maximum Gasteiger partial charge on any atom is 0.337 e. The molecule has 0 amide bonds. The number of carbonyl (C=O) groups is 2. The van der Waals surface area contributed by atoms with E-state index in [0.29, 0.717) is 30.4 Å². The maximum atomic E-state index is 12.6. The van der Waals surface area contributed by atoms with Crippen LogP contribution in [0.15, 0.2) is 42.2 Å². The van der Waals surface area contributed by atoms with Crippen LogP contribution in [0.25, 0.3) is 0 Å². The van der Waals surface area contributed by atoms with Crippen LogP contribution in [0.4, 0.5) is 0 Å². The predicted octanol–water partition coefficient (Wildman–Crippen LogP) is 2.45. The van der Waals surface area contributed by atoms with E-state index in [0.717, 1.165) is 0 Å². The lowest BCUT2D eigenvalue weighted by molar-refractivity contribution is -0.264. The molecule has 0 bridgehead atoms. The molecule has 1 aromatic rings. The number of benzene rings is 1. The van der Waals surface area contributed by atoms with Gasteiger partial charge in [-0.1, -0.05) is 19.6 Å². The number of methoxy groups -OCH3 is 1. The molecule has 0 aliphatic carbocycles. The van der Waals surface area contributed by atoms with Gasteiger partial charge in [0.15, 0.2) is 17.8 Å². The zero-order chi connectivity index (χ0) is 25.5. The highest BCUT2D eigenvalue weighted by atomic mass is 16.8. The molecule has 5 atom stereocenters. The second-order valence-electron chi connectivity index (χ2n) is 8.52. The number of phenolic OH excluding ortho intramolecular Hbond substituents is 2. The van der Waals surface area contributed by atoms with Crippen molar-refractivity contribution in [3.8, 4) is 11.5 Å². The minimum atomic E-state index is -0.992. The third kappa shape index (κ3) is 6.97. The number of rotatable bonds is 9. The van der Waals surface area contributed by atoms with Crippen LogP contribution in [0.5, 0.6) is 11.5 Å². The van der Waals surface area contributed by atoms with Gasteiger partial charge < -0.3 is 39.0 Å². The Hall–Kier alpha value is -3.08. The molecule has 35 heavy (non-hydrogen) atoms. The SMILES string of the molecule is C=C1[C@H](O[C@H]2C[C@@H](O)C[C@@H](CC)O2)OC=C(C(=O)OC)[C@H]1CC(=O)OCCc1ccc(O)c(O)c1. The van der Waals surface area contributed by atoms with E-state index in [-0.39, 0.29) is 42.6 Å². The predicted molar refractivity (Wildman–Crippen MR) is 122 cm³/mol. The van der Waals surface area contributed by atoms with Gasteiger partial charge in [-0.3, -0.25) is 4.79 Å². The Morgan fingerprint density at radius 3 is 2.66 bits per heavy atom. The Morgan fingerprint density at radius 2 is 1.97 bits per heavy atom. The molecule has 1 saturated heterocycles. The van der Waals surface area contributed by atoms with Crippen molar-refractivity contribution in [2.24, 2.45) is 5.92 Å². The summed E-state index contributed by atoms with van der Waals surface area (Å²) >= 11 is 0. The minimum absolute atomic E-state index is 0.0299. The number of aromatic hydroxyl groups is 2. The highest BCUT2D eigenvalue weighted by Gasteiger charge is 2.39. The molecule has 0 spiro atoms. The maximum absolute atomic E-state index is 12.6. The summed E-state index contributed by atoms with van der Waals surface area (Å²) < 4.78 is 27.4. The number of phenols is 2. The van der Waals surface area contributed by atoms with Crippen LogP contribution in [-0.2, 0) is 39.7 Å². The fourth-order valence-electron chi connectivity index (χ4n) is 4.01. The molecule has 2 aliphatic rings. The van der Waals surface area contributed by atoms with Crippen molar-refractivity contribution < 1.29 is 48.6 Å². The van der Waals surface area contributed by atoms with E-state index < -0.39 is 36.5 Å². The molecule has 0 radical (unpaired) electrons. The fourth-order valence-corrected chi connectivity index (χ4v) is 4.01. The molecule has 192 valence electrons. The summed E-state index contributed by atoms with van der Waals surface area (Å²) in [5, 5.41) is 29.1. The highest BCUT2D eigenvalue weighted by Crippen LogP contribution is 2.35. The summed E-state index contributed by atoms with van der Waals surface area (Å²) in [6.07, 6.45) is 0.370. The number of esters is 2. The molecule has 0 saturated carbocycles. The number of ether oxygens (including phenoxy) is 5. The molecule has 2 heterocycles. The van der Waals surface area contributed by atoms with Crippen LogP contribution < -0.4 is 0 Å². The van der Waals surface area contributed by atoms with E-state index in [2.05, 4.69) is 6.58 Å². The van der Waals surface area contributed by atoms with E-state index in [1.54, 1.807) is 6.07 Å². The summed E-state index contributed by atoms with van der Waals surface area (Å²) in [7, 11) is 1.22. The van der Waals surface area contributed by atoms with E-state index in [1.807, 2.05) is 6.92 Å². The fraction of sp³-hybridized carbons (Fsp3) is 0.520. The quantitative estimate of drug-likeness (QED) is 0.267. The van der Waals surface area contributed by atoms with E-state index in [9.17, 15) is 24.9 Å². The van der Waals surface area contributed by atoms with Crippen LogP contribution in [0, 0.1) is 5.92 Å². The summed E-state index contributed by atoms with van der Waals surface area (Å²) in [6, 6.07) is 4.34. The van der Waals surface area contributed by atoms with Gasteiger partial charge in [-0.05, 0) is 36.1 Å². The van der Waals surface area contributed by atoms with Crippen molar-refractivity contribution >= 4 is 11.9 Å². The average molecular weight is 493 g/mol. The molecular weight excluding hydrogens is 460 g/mol. The van der Waals surface area contributed by atoms with Gasteiger partial charge in [-0.2, -0.15) is 0 Å². The Bertz CT molecular complexity index is 956. The van der Waals surface area contributed by atoms with Gasteiger partial charge in [0.25, 0.3) is 0 Å². The van der Waals surface area contributed by atoms with Gasteiger partial charge in [0.1, 0.15) is 0 Å². The first-order valence-corrected chi connectivity index (χ1v) is 11.5. The van der Waals surface area contributed by atoms with Gasteiger partial charge in [0.2, 0.25) is 6.29 Å². The monoisotopic (exact) mass is 492 g/mol. The van der Waals surface area contributed by atoms with Gasteiger partial charge in [-0.15, -0.1) is 0 Å². The smallest absolute Gasteiger partial charge is 0.337 e. The lowest BCUT2D eigenvalue weighted by Gasteiger charge is -2.37. The molecule has 10 heteroatoms. The Morgan fingerprint density at radius 1 is 1.20 bits per heavy atom. The molecule has 0 unspecified atom stereocenters. The van der Waals surface area contributed by atoms with Crippen molar-refractivity contribution in [3.63, 3.8) is 0 Å². The summed E-state index contributed by atoms with van der Waals surface area (Å²) in [4.78, 5) is 24.9. The number of aliphatic hydroxyl groups is 1. The molecule has 1 fully saturated rings. The zero-order valence-electron chi connectivity index (χ0n) is 19.8. The molecule has 10 nitrogen and oxygen atoms in total. The number of hydrogen-bond acceptors (Lipinski definition) is 10. The lowest BCUT2D eigenvalue weighted by Crippen LogP contribution is -2.41. The third-order valence-corrected chi connectivity index (χ3v) is 6.00. The van der Waals surface area contributed by atoms with Gasteiger partial charge >= 0.3 is 11.9 Å². The molecule has 0 aromatic heterocycles. The standard InChI is InChI=1S/C25H32O10/c1-4-17-10-16(26)11-23(34-17)35-25-14(2)18(19(13-33-25)24(30)31-3)12-22(29)32-8-7-15-5-6-20(27)21(28)9-15/h5-6,9,13,16-18,23,25-28H,2,4,7-8,10-12H2,1,3H3/t16-,17+,18-,23-,25-/m0/s1. The molecule has 2 aliphatic heterocycles. The highest BCUT2D eigenvalue weighted by molar-refractivity contribution is 5.90. The normalized spacial score (nSPS) is 26.4. The molecule has 3 rings (SSSR count). The van der Waals surface area contributed by atoms with Crippen molar-refractivity contribution in [2.75, 3.05) is 13.7 Å². The average Bonchev–Trinajstić information content (AvgIpc) is 2.83. The van der Waals surface area contributed by atoms with E-state index >= 15 is 0 Å². The van der Waals surface area contributed by atoms with Crippen molar-refractivity contribution in [3.05, 3.63) is 47.7 Å². The largest absolute Gasteiger partial charge is 0.504 e. The Balaban J connectivity index is 1.62. The van der Waals surface area contributed by atoms with Gasteiger partial charge in [-0.25, -0.2) is 4.79 Å². The summed E-state index contributed by atoms with van der Waals surface area (Å²) in [6.45, 7) is 5.97. The topological polar surface area (TPSA) is 141 Å². The first-order valence-electron chi connectivity index (χ1n) is 11.5. The van der Waals surface area contributed by atoms with Crippen LogP contribution in [0.2, 0.25) is 0 Å². The summed E-state index contributed by atoms with van der Waals surface area (Å²) in [5.41, 5.74) is 1.10. The van der Waals surface area contributed by atoms with Crippen LogP contribution in [-0.4, -0.2) is 65.8 Å². The van der Waals surface area contributed by atoms with E-state index in [4.69, 9.17) is 23.7 Å². The molecular formula is C25H32O10. The number of carbonyl (C=O) groups excluding carboxylic acids is 2. The Labute approximate surface area is 203 Å². The molecule has 1 aromatic carbocycles. The van der Waals surface area contributed by atoms with Crippen LogP contribution in [0.3, 0.4) is 0 Å². The zero-order valence-corrected chi connectivity index (χ0v) is 19.8. The van der Waals surface area contributed by atoms with Crippen LogP contribution in [0.1, 0.15) is 38.2 Å². The van der Waals surface area contributed by atoms with E-state index in [1.165, 1.54) is 25.5 Å². The number of aliphatic hydroxyl groups excluding tert-OH is 1.